The van der Waals surface area contributed by atoms with Crippen LogP contribution in [0.15, 0.2) is 0 Å². The number of nitrogens with zero attached hydrogens (tertiary/aromatic N) is 1. The number of carbonyl (C=O) groups is 1. The van der Waals surface area contributed by atoms with Gasteiger partial charge in [-0.3, -0.25) is 4.90 Å². The third-order valence-electron chi connectivity index (χ3n) is 2.16. The highest BCUT2D eigenvalue weighted by Crippen LogP contribution is 2.29. The fourth-order valence-electron chi connectivity index (χ4n) is 1.43. The maximum absolute atomic E-state index is 11.1. The number of hydrogen-bond donors (Lipinski definition) is 1. The summed E-state index contributed by atoms with van der Waals surface area (Å²) in [5, 5.41) is 2.74. The zero-order valence-corrected chi connectivity index (χ0v) is 6.54. The van der Waals surface area contributed by atoms with Crippen LogP contribution in [0.3, 0.4) is 0 Å². The fraction of sp³-hybridized carbons (Fsp3) is 0.857. The zero-order chi connectivity index (χ0) is 7.84. The molecular weight excluding hydrogens is 144 g/mol. The van der Waals surface area contributed by atoms with Gasteiger partial charge in [0.25, 0.3) is 0 Å². The number of rotatable bonds is 2. The number of nitrogens with one attached hydrogen (secondary N) is 1. The molecular formula is C7H12N2O2. The molecule has 2 atom stereocenters. The third kappa shape index (κ3) is 1.07. The molecule has 1 N–H and O–H groups in total. The summed E-state index contributed by atoms with van der Waals surface area (Å²) in [6.45, 7) is 3.62. The van der Waals surface area contributed by atoms with Crippen LogP contribution in [0.2, 0.25) is 0 Å². The number of carbonyl (C=O) groups excluding carboxylic acids is 1. The Balaban J connectivity index is 1.91. The summed E-state index contributed by atoms with van der Waals surface area (Å²) in [5.41, 5.74) is 0. The van der Waals surface area contributed by atoms with E-state index in [1.54, 1.807) is 4.90 Å². The molecule has 2 unspecified atom stereocenters. The highest BCUT2D eigenvalue weighted by atomic mass is 16.6. The predicted molar refractivity (Wildman–Crippen MR) is 39.1 cm³/mol. The van der Waals surface area contributed by atoms with Crippen molar-refractivity contribution in [1.29, 1.82) is 0 Å². The Bertz CT molecular complexity index is 183. The molecule has 2 aliphatic heterocycles. The summed E-state index contributed by atoms with van der Waals surface area (Å²) in [7, 11) is 0. The highest BCUT2D eigenvalue weighted by Gasteiger charge is 2.45. The molecule has 2 fully saturated rings. The van der Waals surface area contributed by atoms with E-state index in [2.05, 4.69) is 12.2 Å². The van der Waals surface area contributed by atoms with Crippen LogP contribution in [0.1, 0.15) is 13.3 Å². The van der Waals surface area contributed by atoms with Crippen molar-refractivity contribution in [2.75, 3.05) is 13.1 Å². The molecule has 2 heterocycles. The number of ether oxygens (including phenoxy) is 1. The van der Waals surface area contributed by atoms with E-state index in [1.165, 1.54) is 0 Å². The smallest absolute Gasteiger partial charge is 0.319 e. The number of epoxide rings is 1. The van der Waals surface area contributed by atoms with Gasteiger partial charge in [-0.2, -0.15) is 0 Å². The van der Waals surface area contributed by atoms with Crippen LogP contribution in [0, 0.1) is 0 Å². The van der Waals surface area contributed by atoms with Crippen molar-refractivity contribution < 1.29 is 9.53 Å². The van der Waals surface area contributed by atoms with Gasteiger partial charge in [-0.1, -0.05) is 6.92 Å². The van der Waals surface area contributed by atoms with E-state index < -0.39 is 0 Å². The van der Waals surface area contributed by atoms with E-state index in [-0.39, 0.29) is 12.3 Å². The van der Waals surface area contributed by atoms with Gasteiger partial charge in [0.15, 0.2) is 6.23 Å². The zero-order valence-electron chi connectivity index (χ0n) is 6.54. The quantitative estimate of drug-likeness (QED) is 0.578. The minimum atomic E-state index is 0.0194. The van der Waals surface area contributed by atoms with E-state index in [0.717, 1.165) is 19.5 Å². The van der Waals surface area contributed by atoms with Crippen LogP contribution in [-0.4, -0.2) is 36.4 Å². The highest BCUT2D eigenvalue weighted by molar-refractivity contribution is 5.76. The maximum atomic E-state index is 11.1. The van der Waals surface area contributed by atoms with Crippen molar-refractivity contribution in [2.24, 2.45) is 0 Å². The Kier molecular flexibility index (Phi) is 1.49. The Morgan fingerprint density at radius 3 is 3.09 bits per heavy atom. The van der Waals surface area contributed by atoms with Gasteiger partial charge in [0.2, 0.25) is 0 Å². The lowest BCUT2D eigenvalue weighted by atomic mass is 10.3. The minimum absolute atomic E-state index is 0.0194. The fourth-order valence-corrected chi connectivity index (χ4v) is 1.43. The lowest BCUT2D eigenvalue weighted by Crippen LogP contribution is -2.31. The van der Waals surface area contributed by atoms with Gasteiger partial charge in [-0.05, 0) is 6.42 Å². The van der Waals surface area contributed by atoms with E-state index in [0.29, 0.717) is 6.10 Å². The molecule has 62 valence electrons. The summed E-state index contributed by atoms with van der Waals surface area (Å²) in [5.74, 6) is 0. The van der Waals surface area contributed by atoms with Gasteiger partial charge >= 0.3 is 6.03 Å². The van der Waals surface area contributed by atoms with E-state index in [9.17, 15) is 4.79 Å². The van der Waals surface area contributed by atoms with Crippen LogP contribution in [0.5, 0.6) is 0 Å². The minimum Gasteiger partial charge on any atom is -0.348 e. The Labute approximate surface area is 65.5 Å². The van der Waals surface area contributed by atoms with Gasteiger partial charge < -0.3 is 10.1 Å². The summed E-state index contributed by atoms with van der Waals surface area (Å²) in [6, 6.07) is 0.0194. The first kappa shape index (κ1) is 6.91. The van der Waals surface area contributed by atoms with Crippen molar-refractivity contribution in [3.05, 3.63) is 0 Å². The second kappa shape index (κ2) is 2.37. The van der Waals surface area contributed by atoms with E-state index >= 15 is 0 Å². The first-order valence-corrected chi connectivity index (χ1v) is 4.03. The van der Waals surface area contributed by atoms with Gasteiger partial charge in [0.05, 0.1) is 0 Å². The number of hydrogen-bond acceptors (Lipinski definition) is 2. The SMILES string of the molecule is CCC1OC1N1CCNC1=O. The second-order valence-electron chi connectivity index (χ2n) is 2.90. The molecule has 0 saturated carbocycles. The summed E-state index contributed by atoms with van der Waals surface area (Å²) < 4.78 is 5.29. The van der Waals surface area contributed by atoms with Gasteiger partial charge in [0.1, 0.15) is 6.10 Å². The van der Waals surface area contributed by atoms with Crippen LogP contribution >= 0.6 is 0 Å². The van der Waals surface area contributed by atoms with Crippen LogP contribution in [0.25, 0.3) is 0 Å². The first-order valence-electron chi connectivity index (χ1n) is 4.03. The van der Waals surface area contributed by atoms with E-state index in [4.69, 9.17) is 4.74 Å². The van der Waals surface area contributed by atoms with Crippen molar-refractivity contribution in [3.63, 3.8) is 0 Å². The third-order valence-corrected chi connectivity index (χ3v) is 2.16. The van der Waals surface area contributed by atoms with Crippen molar-refractivity contribution in [2.45, 2.75) is 25.7 Å². The van der Waals surface area contributed by atoms with Crippen molar-refractivity contribution in [3.8, 4) is 0 Å². The molecule has 11 heavy (non-hydrogen) atoms. The largest absolute Gasteiger partial charge is 0.348 e. The molecule has 2 rings (SSSR count). The lowest BCUT2D eigenvalue weighted by molar-refractivity contribution is 0.189. The van der Waals surface area contributed by atoms with Crippen molar-refractivity contribution in [1.82, 2.24) is 10.2 Å². The molecule has 0 aromatic rings. The number of amides is 2. The standard InChI is InChI=1S/C7H12N2O2/c1-2-5-6(11-5)9-4-3-8-7(9)10/h5-6H,2-4H2,1H3,(H,8,10). The molecule has 0 aliphatic carbocycles. The molecule has 0 spiro atoms. The summed E-state index contributed by atoms with van der Waals surface area (Å²) >= 11 is 0. The molecule has 2 aliphatic rings. The summed E-state index contributed by atoms with van der Waals surface area (Å²) in [4.78, 5) is 12.8. The van der Waals surface area contributed by atoms with E-state index in [1.807, 2.05) is 0 Å². The van der Waals surface area contributed by atoms with Crippen LogP contribution < -0.4 is 5.32 Å². The topological polar surface area (TPSA) is 44.9 Å². The lowest BCUT2D eigenvalue weighted by Gasteiger charge is -2.09. The first-order chi connectivity index (χ1) is 5.33. The molecule has 4 heteroatoms. The molecule has 0 aromatic carbocycles. The molecule has 0 aromatic heterocycles. The maximum Gasteiger partial charge on any atom is 0.319 e. The molecule has 4 nitrogen and oxygen atoms in total. The van der Waals surface area contributed by atoms with Gasteiger partial charge in [-0.15, -0.1) is 0 Å². The molecule has 2 amide bonds. The van der Waals surface area contributed by atoms with Gasteiger partial charge in [0, 0.05) is 13.1 Å². The van der Waals surface area contributed by atoms with Crippen LogP contribution in [-0.2, 0) is 4.74 Å². The van der Waals surface area contributed by atoms with Crippen molar-refractivity contribution >= 4 is 6.03 Å². The Hall–Kier alpha value is -0.770. The number of urea groups is 1. The average Bonchev–Trinajstić information content (AvgIpc) is 2.68. The Morgan fingerprint density at radius 1 is 1.82 bits per heavy atom. The van der Waals surface area contributed by atoms with Gasteiger partial charge in [-0.25, -0.2) is 4.79 Å². The summed E-state index contributed by atoms with van der Waals surface area (Å²) in [6.07, 6.45) is 1.36. The predicted octanol–water partition coefficient (Wildman–Crippen LogP) is 0.146. The van der Waals surface area contributed by atoms with Crippen LogP contribution in [0.4, 0.5) is 4.79 Å². The molecule has 0 bridgehead atoms. The normalized spacial score (nSPS) is 35.7. The second-order valence-corrected chi connectivity index (χ2v) is 2.90. The molecule has 2 saturated heterocycles. The monoisotopic (exact) mass is 156 g/mol. The molecule has 0 radical (unpaired) electrons. The Morgan fingerprint density at radius 2 is 2.64 bits per heavy atom. The average molecular weight is 156 g/mol.